The Morgan fingerprint density at radius 2 is 1.86 bits per heavy atom. The number of rotatable bonds is 6. The van der Waals surface area contributed by atoms with Gasteiger partial charge in [-0.3, -0.25) is 10.1 Å². The molecule has 2 aromatic carbocycles. The largest absolute Gasteiger partial charge is 0.310 e. The molecule has 5 heteroatoms. The third kappa shape index (κ3) is 4.03. The van der Waals surface area contributed by atoms with Gasteiger partial charge in [0.25, 0.3) is 5.69 Å². The van der Waals surface area contributed by atoms with E-state index in [2.05, 4.69) is 5.32 Å². The van der Waals surface area contributed by atoms with Crippen LogP contribution in [0.15, 0.2) is 48.5 Å². The molecule has 0 saturated carbocycles. The Kier molecular flexibility index (Phi) is 5.31. The zero-order valence-electron chi connectivity index (χ0n) is 11.8. The molecule has 0 bridgehead atoms. The third-order valence-corrected chi connectivity index (χ3v) is 3.75. The standard InChI is InChI=1S/C16H17ClN2O2/c1-12(14-7-3-4-8-15(14)17)18-11-10-13-6-2-5-9-16(13)19(20)21/h2-9,12,18H,10-11H2,1H3. The summed E-state index contributed by atoms with van der Waals surface area (Å²) in [5.74, 6) is 0. The Labute approximate surface area is 128 Å². The molecule has 0 aliphatic rings. The number of hydrogen-bond donors (Lipinski definition) is 1. The van der Waals surface area contributed by atoms with E-state index in [1.165, 1.54) is 6.07 Å². The monoisotopic (exact) mass is 304 g/mol. The van der Waals surface area contributed by atoms with Crippen molar-refractivity contribution in [1.29, 1.82) is 0 Å². The number of para-hydroxylation sites is 1. The molecule has 2 rings (SSSR count). The molecule has 1 N–H and O–H groups in total. The molecular weight excluding hydrogens is 288 g/mol. The van der Waals surface area contributed by atoms with Gasteiger partial charge in [0.15, 0.2) is 0 Å². The highest BCUT2D eigenvalue weighted by atomic mass is 35.5. The number of hydrogen-bond acceptors (Lipinski definition) is 3. The minimum absolute atomic E-state index is 0.0986. The van der Waals surface area contributed by atoms with E-state index in [9.17, 15) is 10.1 Å². The normalized spacial score (nSPS) is 12.1. The number of benzene rings is 2. The Morgan fingerprint density at radius 3 is 2.57 bits per heavy atom. The molecule has 1 unspecified atom stereocenters. The second-order valence-electron chi connectivity index (χ2n) is 4.83. The summed E-state index contributed by atoms with van der Waals surface area (Å²) >= 11 is 6.15. The number of nitro groups is 1. The zero-order chi connectivity index (χ0) is 15.2. The van der Waals surface area contributed by atoms with Gasteiger partial charge in [-0.1, -0.05) is 48.0 Å². The minimum Gasteiger partial charge on any atom is -0.310 e. The van der Waals surface area contributed by atoms with Crippen LogP contribution in [0.1, 0.15) is 24.1 Å². The van der Waals surface area contributed by atoms with Crippen molar-refractivity contribution in [1.82, 2.24) is 5.32 Å². The fraction of sp³-hybridized carbons (Fsp3) is 0.250. The van der Waals surface area contributed by atoms with Crippen LogP contribution in [0.3, 0.4) is 0 Å². The van der Waals surface area contributed by atoms with Crippen molar-refractivity contribution in [2.75, 3.05) is 6.54 Å². The Bertz CT molecular complexity index is 631. The molecule has 4 nitrogen and oxygen atoms in total. The first-order valence-corrected chi connectivity index (χ1v) is 7.17. The Hall–Kier alpha value is -1.91. The summed E-state index contributed by atoms with van der Waals surface area (Å²) < 4.78 is 0. The number of nitrogens with zero attached hydrogens (tertiary/aromatic N) is 1. The SMILES string of the molecule is CC(NCCc1ccccc1[N+](=O)[O-])c1ccccc1Cl. The van der Waals surface area contributed by atoms with Gasteiger partial charge in [-0.05, 0) is 31.5 Å². The maximum absolute atomic E-state index is 11.0. The molecule has 2 aromatic rings. The van der Waals surface area contributed by atoms with Crippen LogP contribution in [-0.2, 0) is 6.42 Å². The lowest BCUT2D eigenvalue weighted by atomic mass is 10.1. The van der Waals surface area contributed by atoms with Gasteiger partial charge in [-0.25, -0.2) is 0 Å². The summed E-state index contributed by atoms with van der Waals surface area (Å²) in [7, 11) is 0. The maximum Gasteiger partial charge on any atom is 0.272 e. The van der Waals surface area contributed by atoms with Crippen LogP contribution >= 0.6 is 11.6 Å². The summed E-state index contributed by atoms with van der Waals surface area (Å²) in [5.41, 5.74) is 1.94. The van der Waals surface area contributed by atoms with Gasteiger partial charge in [0.05, 0.1) is 4.92 Å². The summed E-state index contributed by atoms with van der Waals surface area (Å²) in [6, 6.07) is 14.6. The molecule has 0 spiro atoms. The van der Waals surface area contributed by atoms with Gasteiger partial charge in [0.1, 0.15) is 0 Å². The fourth-order valence-corrected chi connectivity index (χ4v) is 2.56. The summed E-state index contributed by atoms with van der Waals surface area (Å²) in [6.45, 7) is 2.68. The van der Waals surface area contributed by atoms with Crippen molar-refractivity contribution in [3.05, 3.63) is 74.8 Å². The molecule has 0 saturated heterocycles. The average molecular weight is 305 g/mol. The molecule has 0 heterocycles. The van der Waals surface area contributed by atoms with Crippen LogP contribution in [0.5, 0.6) is 0 Å². The number of nitrogens with one attached hydrogen (secondary N) is 1. The van der Waals surface area contributed by atoms with E-state index < -0.39 is 0 Å². The zero-order valence-corrected chi connectivity index (χ0v) is 12.5. The van der Waals surface area contributed by atoms with Crippen molar-refractivity contribution >= 4 is 17.3 Å². The Morgan fingerprint density at radius 1 is 1.19 bits per heavy atom. The first-order chi connectivity index (χ1) is 10.1. The highest BCUT2D eigenvalue weighted by molar-refractivity contribution is 6.31. The van der Waals surface area contributed by atoms with Crippen LogP contribution in [0, 0.1) is 10.1 Å². The minimum atomic E-state index is -0.340. The van der Waals surface area contributed by atoms with E-state index in [4.69, 9.17) is 11.6 Å². The predicted molar refractivity (Wildman–Crippen MR) is 84.7 cm³/mol. The quantitative estimate of drug-likeness (QED) is 0.644. The van der Waals surface area contributed by atoms with E-state index in [-0.39, 0.29) is 16.7 Å². The van der Waals surface area contributed by atoms with Crippen molar-refractivity contribution in [3.63, 3.8) is 0 Å². The van der Waals surface area contributed by atoms with E-state index in [1.807, 2.05) is 37.3 Å². The first-order valence-electron chi connectivity index (χ1n) is 6.79. The highest BCUT2D eigenvalue weighted by Crippen LogP contribution is 2.22. The molecule has 0 aliphatic carbocycles. The summed E-state index contributed by atoms with van der Waals surface area (Å²) in [6.07, 6.45) is 0.603. The molecule has 110 valence electrons. The molecule has 1 atom stereocenters. The van der Waals surface area contributed by atoms with Gasteiger partial charge < -0.3 is 5.32 Å². The molecule has 0 amide bonds. The highest BCUT2D eigenvalue weighted by Gasteiger charge is 2.13. The lowest BCUT2D eigenvalue weighted by molar-refractivity contribution is -0.385. The smallest absolute Gasteiger partial charge is 0.272 e. The second-order valence-corrected chi connectivity index (χ2v) is 5.24. The lowest BCUT2D eigenvalue weighted by Crippen LogP contribution is -2.21. The Balaban J connectivity index is 1.96. The van der Waals surface area contributed by atoms with Crippen LogP contribution in [0.2, 0.25) is 5.02 Å². The van der Waals surface area contributed by atoms with Crippen molar-refractivity contribution < 1.29 is 4.92 Å². The van der Waals surface area contributed by atoms with Gasteiger partial charge in [0.2, 0.25) is 0 Å². The van der Waals surface area contributed by atoms with Crippen LogP contribution in [-0.4, -0.2) is 11.5 Å². The first kappa shape index (κ1) is 15.5. The number of nitro benzene ring substituents is 1. The van der Waals surface area contributed by atoms with E-state index >= 15 is 0 Å². The van der Waals surface area contributed by atoms with Crippen LogP contribution in [0.25, 0.3) is 0 Å². The summed E-state index contributed by atoms with van der Waals surface area (Å²) in [4.78, 5) is 10.6. The lowest BCUT2D eigenvalue weighted by Gasteiger charge is -2.15. The molecule has 21 heavy (non-hydrogen) atoms. The molecule has 0 radical (unpaired) electrons. The molecule has 0 aromatic heterocycles. The topological polar surface area (TPSA) is 55.2 Å². The molecule has 0 aliphatic heterocycles. The predicted octanol–water partition coefficient (Wildman–Crippen LogP) is 4.14. The van der Waals surface area contributed by atoms with Gasteiger partial charge in [-0.15, -0.1) is 0 Å². The molecular formula is C16H17ClN2O2. The average Bonchev–Trinajstić information content (AvgIpc) is 2.48. The van der Waals surface area contributed by atoms with Gasteiger partial charge in [0, 0.05) is 22.7 Å². The van der Waals surface area contributed by atoms with Gasteiger partial charge >= 0.3 is 0 Å². The van der Waals surface area contributed by atoms with E-state index in [0.29, 0.717) is 13.0 Å². The van der Waals surface area contributed by atoms with Gasteiger partial charge in [-0.2, -0.15) is 0 Å². The van der Waals surface area contributed by atoms with Crippen LogP contribution < -0.4 is 5.32 Å². The van der Waals surface area contributed by atoms with Crippen molar-refractivity contribution in [2.45, 2.75) is 19.4 Å². The van der Waals surface area contributed by atoms with Crippen molar-refractivity contribution in [2.24, 2.45) is 0 Å². The van der Waals surface area contributed by atoms with Crippen molar-refractivity contribution in [3.8, 4) is 0 Å². The fourth-order valence-electron chi connectivity index (χ4n) is 2.26. The summed E-state index contributed by atoms with van der Waals surface area (Å²) in [5, 5.41) is 15.0. The number of halogens is 1. The van der Waals surface area contributed by atoms with E-state index in [1.54, 1.807) is 12.1 Å². The maximum atomic E-state index is 11.0. The molecule has 0 fully saturated rings. The van der Waals surface area contributed by atoms with Crippen LogP contribution in [0.4, 0.5) is 5.69 Å². The third-order valence-electron chi connectivity index (χ3n) is 3.40. The van der Waals surface area contributed by atoms with E-state index in [0.717, 1.165) is 16.1 Å². The second kappa shape index (κ2) is 7.20.